The second-order valence-electron chi connectivity index (χ2n) is 7.13. The average Bonchev–Trinajstić information content (AvgIpc) is 2.37. The molecule has 2 rings (SSSR count). The summed E-state index contributed by atoms with van der Waals surface area (Å²) in [5.41, 5.74) is 0.908. The number of hydrogen-bond donors (Lipinski definition) is 1. The van der Waals surface area contributed by atoms with E-state index in [1.165, 1.54) is 5.56 Å². The normalized spacial score (nSPS) is 23.9. The number of nitrogens with one attached hydrogen (secondary N) is 1. The number of piperidine rings is 1. The zero-order valence-corrected chi connectivity index (χ0v) is 14.1. The molecule has 1 aromatic rings. The SMILES string of the molecule is CN1CC(NC(=O)C(C)(C)C)CC(c2cccc(Cl)c2)C1. The Bertz CT molecular complexity index is 510. The molecule has 1 N–H and O–H groups in total. The van der Waals surface area contributed by atoms with Gasteiger partial charge in [0.05, 0.1) is 0 Å². The minimum Gasteiger partial charge on any atom is -0.352 e. The van der Waals surface area contributed by atoms with Crippen LogP contribution in [0.2, 0.25) is 5.02 Å². The lowest BCUT2D eigenvalue weighted by Crippen LogP contribution is -2.51. The Morgan fingerprint density at radius 1 is 1.33 bits per heavy atom. The monoisotopic (exact) mass is 308 g/mol. The van der Waals surface area contributed by atoms with Crippen molar-refractivity contribution in [2.45, 2.75) is 39.2 Å². The zero-order valence-electron chi connectivity index (χ0n) is 13.3. The van der Waals surface area contributed by atoms with Crippen molar-refractivity contribution >= 4 is 17.5 Å². The van der Waals surface area contributed by atoms with Crippen molar-refractivity contribution < 1.29 is 4.79 Å². The summed E-state index contributed by atoms with van der Waals surface area (Å²) in [6, 6.07) is 8.25. The molecule has 2 atom stereocenters. The molecule has 1 amide bonds. The van der Waals surface area contributed by atoms with Crippen molar-refractivity contribution in [2.24, 2.45) is 5.41 Å². The number of halogens is 1. The Hall–Kier alpha value is -1.06. The number of amides is 1. The van der Waals surface area contributed by atoms with Crippen molar-refractivity contribution in [2.75, 3.05) is 20.1 Å². The van der Waals surface area contributed by atoms with Crippen molar-refractivity contribution in [1.29, 1.82) is 0 Å². The summed E-state index contributed by atoms with van der Waals surface area (Å²) in [7, 11) is 2.10. The standard InChI is InChI=1S/C17H25ClN2O/c1-17(2,3)16(21)19-15-9-13(10-20(4)11-15)12-6-5-7-14(18)8-12/h5-8,13,15H,9-11H2,1-4H3,(H,19,21). The molecule has 0 aliphatic carbocycles. The van der Waals surface area contributed by atoms with Crippen LogP contribution in [0, 0.1) is 5.41 Å². The third-order valence-corrected chi connectivity index (χ3v) is 4.20. The maximum Gasteiger partial charge on any atom is 0.225 e. The highest BCUT2D eigenvalue weighted by Crippen LogP contribution is 2.28. The molecule has 0 aromatic heterocycles. The molecule has 4 heteroatoms. The first kappa shape index (κ1) is 16.3. The van der Waals surface area contributed by atoms with Gasteiger partial charge in [-0.25, -0.2) is 0 Å². The Kier molecular flexibility index (Phi) is 4.95. The molecule has 2 unspecified atom stereocenters. The Labute approximate surface area is 132 Å². The van der Waals surface area contributed by atoms with Crippen molar-refractivity contribution in [3.05, 3.63) is 34.9 Å². The van der Waals surface area contributed by atoms with Crippen LogP contribution in [0.15, 0.2) is 24.3 Å². The molecule has 3 nitrogen and oxygen atoms in total. The molecule has 1 heterocycles. The van der Waals surface area contributed by atoms with Gasteiger partial charge in [0, 0.05) is 29.6 Å². The summed E-state index contributed by atoms with van der Waals surface area (Å²) in [5, 5.41) is 3.96. The molecule has 21 heavy (non-hydrogen) atoms. The Morgan fingerprint density at radius 2 is 2.05 bits per heavy atom. The van der Waals surface area contributed by atoms with Crippen LogP contribution < -0.4 is 5.32 Å². The second kappa shape index (κ2) is 6.37. The third-order valence-electron chi connectivity index (χ3n) is 3.97. The van der Waals surface area contributed by atoms with E-state index in [9.17, 15) is 4.79 Å². The van der Waals surface area contributed by atoms with Crippen molar-refractivity contribution in [3.8, 4) is 0 Å². The highest BCUT2D eigenvalue weighted by Gasteiger charge is 2.30. The van der Waals surface area contributed by atoms with E-state index < -0.39 is 0 Å². The van der Waals surface area contributed by atoms with Gasteiger partial charge in [0.15, 0.2) is 0 Å². The van der Waals surface area contributed by atoms with Crippen LogP contribution >= 0.6 is 11.6 Å². The fraction of sp³-hybridized carbons (Fsp3) is 0.588. The summed E-state index contributed by atoms with van der Waals surface area (Å²) in [6.45, 7) is 7.75. The topological polar surface area (TPSA) is 32.3 Å². The smallest absolute Gasteiger partial charge is 0.225 e. The first-order valence-corrected chi connectivity index (χ1v) is 7.88. The molecule has 0 radical (unpaired) electrons. The van der Waals surface area contributed by atoms with Crippen LogP contribution in [0.4, 0.5) is 0 Å². The first-order chi connectivity index (χ1) is 9.75. The Balaban J connectivity index is 2.07. The quantitative estimate of drug-likeness (QED) is 0.909. The minimum atomic E-state index is -0.346. The molecule has 1 aliphatic heterocycles. The van der Waals surface area contributed by atoms with E-state index in [-0.39, 0.29) is 17.4 Å². The number of benzene rings is 1. The van der Waals surface area contributed by atoms with E-state index in [2.05, 4.69) is 23.3 Å². The van der Waals surface area contributed by atoms with Crippen LogP contribution in [-0.2, 0) is 4.79 Å². The van der Waals surface area contributed by atoms with E-state index in [0.717, 1.165) is 24.5 Å². The molecule has 1 saturated heterocycles. The summed E-state index contributed by atoms with van der Waals surface area (Å²) in [4.78, 5) is 14.5. The van der Waals surface area contributed by atoms with Gasteiger partial charge in [0.2, 0.25) is 5.91 Å². The number of nitrogens with zero attached hydrogens (tertiary/aromatic N) is 1. The fourth-order valence-electron chi connectivity index (χ4n) is 2.83. The van der Waals surface area contributed by atoms with E-state index in [0.29, 0.717) is 5.92 Å². The van der Waals surface area contributed by atoms with Gasteiger partial charge in [-0.15, -0.1) is 0 Å². The maximum absolute atomic E-state index is 12.2. The number of carbonyl (C=O) groups excluding carboxylic acids is 1. The van der Waals surface area contributed by atoms with Crippen LogP contribution in [0.5, 0.6) is 0 Å². The molecule has 0 bridgehead atoms. The molecule has 0 saturated carbocycles. The highest BCUT2D eigenvalue weighted by atomic mass is 35.5. The summed E-state index contributed by atoms with van der Waals surface area (Å²) in [5.74, 6) is 0.528. The van der Waals surface area contributed by atoms with E-state index in [4.69, 9.17) is 11.6 Å². The molecule has 116 valence electrons. The predicted octanol–water partition coefficient (Wildman–Crippen LogP) is 3.29. The van der Waals surface area contributed by atoms with E-state index in [1.807, 2.05) is 39.0 Å². The van der Waals surface area contributed by atoms with E-state index in [1.54, 1.807) is 0 Å². The fourth-order valence-corrected chi connectivity index (χ4v) is 3.03. The van der Waals surface area contributed by atoms with Gasteiger partial charge in [-0.05, 0) is 37.1 Å². The van der Waals surface area contributed by atoms with Gasteiger partial charge in [-0.3, -0.25) is 4.79 Å². The Morgan fingerprint density at radius 3 is 2.67 bits per heavy atom. The molecular formula is C17H25ClN2O. The zero-order chi connectivity index (χ0) is 15.6. The first-order valence-electron chi connectivity index (χ1n) is 7.50. The maximum atomic E-state index is 12.2. The molecule has 1 aromatic carbocycles. The predicted molar refractivity (Wildman–Crippen MR) is 87.7 cm³/mol. The number of likely N-dealkylation sites (tertiary alicyclic amines) is 1. The van der Waals surface area contributed by atoms with Gasteiger partial charge in [-0.1, -0.05) is 44.5 Å². The average molecular weight is 309 g/mol. The van der Waals surface area contributed by atoms with Crippen LogP contribution in [-0.4, -0.2) is 37.0 Å². The molecule has 1 fully saturated rings. The van der Waals surface area contributed by atoms with E-state index >= 15 is 0 Å². The number of carbonyl (C=O) groups is 1. The largest absolute Gasteiger partial charge is 0.352 e. The lowest BCUT2D eigenvalue weighted by atomic mass is 9.87. The lowest BCUT2D eigenvalue weighted by molar-refractivity contribution is -0.129. The van der Waals surface area contributed by atoms with Crippen LogP contribution in [0.1, 0.15) is 38.7 Å². The third kappa shape index (κ3) is 4.45. The van der Waals surface area contributed by atoms with Crippen molar-refractivity contribution in [1.82, 2.24) is 10.2 Å². The molecular weight excluding hydrogens is 284 g/mol. The van der Waals surface area contributed by atoms with Gasteiger partial charge >= 0.3 is 0 Å². The van der Waals surface area contributed by atoms with Crippen LogP contribution in [0.25, 0.3) is 0 Å². The minimum absolute atomic E-state index is 0.118. The highest BCUT2D eigenvalue weighted by molar-refractivity contribution is 6.30. The summed E-state index contributed by atoms with van der Waals surface area (Å²) >= 11 is 6.10. The van der Waals surface area contributed by atoms with Gasteiger partial charge in [-0.2, -0.15) is 0 Å². The van der Waals surface area contributed by atoms with Gasteiger partial charge < -0.3 is 10.2 Å². The number of hydrogen-bond acceptors (Lipinski definition) is 2. The molecule has 0 spiro atoms. The number of likely N-dealkylation sites (N-methyl/N-ethyl adjacent to an activating group) is 1. The lowest BCUT2D eigenvalue weighted by Gasteiger charge is -2.37. The van der Waals surface area contributed by atoms with Crippen LogP contribution in [0.3, 0.4) is 0 Å². The summed E-state index contributed by atoms with van der Waals surface area (Å²) in [6.07, 6.45) is 0.965. The number of rotatable bonds is 2. The van der Waals surface area contributed by atoms with Gasteiger partial charge in [0.1, 0.15) is 0 Å². The van der Waals surface area contributed by atoms with Crippen molar-refractivity contribution in [3.63, 3.8) is 0 Å². The summed E-state index contributed by atoms with van der Waals surface area (Å²) < 4.78 is 0. The second-order valence-corrected chi connectivity index (χ2v) is 7.57. The van der Waals surface area contributed by atoms with Gasteiger partial charge in [0.25, 0.3) is 0 Å². The molecule has 1 aliphatic rings.